The number of rotatable bonds is 6. The lowest BCUT2D eigenvalue weighted by Gasteiger charge is -2.26. The first kappa shape index (κ1) is 15.1. The Morgan fingerprint density at radius 2 is 2.35 bits per heavy atom. The maximum Gasteiger partial charge on any atom is 0.222 e. The molecule has 1 amide bonds. The summed E-state index contributed by atoms with van der Waals surface area (Å²) >= 11 is 0. The third-order valence-corrected chi connectivity index (χ3v) is 4.00. The first-order valence-corrected chi connectivity index (χ1v) is 7.59. The van der Waals surface area contributed by atoms with E-state index < -0.39 is 6.10 Å². The van der Waals surface area contributed by atoms with E-state index in [9.17, 15) is 9.90 Å². The number of carbonyl (C=O) groups is 1. The number of carbonyl (C=O) groups excluding carboxylic acids is 1. The number of aliphatic hydroxyl groups is 1. The van der Waals surface area contributed by atoms with Crippen LogP contribution in [0.15, 0.2) is 22.8 Å². The van der Waals surface area contributed by atoms with Crippen LogP contribution >= 0.6 is 0 Å². The van der Waals surface area contributed by atoms with Crippen molar-refractivity contribution in [2.45, 2.75) is 58.1 Å². The molecule has 4 nitrogen and oxygen atoms in total. The molecule has 112 valence electrons. The van der Waals surface area contributed by atoms with E-state index in [0.29, 0.717) is 24.5 Å². The van der Waals surface area contributed by atoms with Crippen molar-refractivity contribution in [2.24, 2.45) is 5.92 Å². The van der Waals surface area contributed by atoms with Crippen molar-refractivity contribution in [3.63, 3.8) is 0 Å². The van der Waals surface area contributed by atoms with Gasteiger partial charge in [0.15, 0.2) is 0 Å². The van der Waals surface area contributed by atoms with Crippen LogP contribution in [-0.2, 0) is 4.79 Å². The van der Waals surface area contributed by atoms with Gasteiger partial charge in [0.1, 0.15) is 11.9 Å². The molecule has 1 aliphatic heterocycles. The number of amides is 1. The van der Waals surface area contributed by atoms with Crippen LogP contribution in [0, 0.1) is 5.92 Å². The topological polar surface area (TPSA) is 53.7 Å². The highest BCUT2D eigenvalue weighted by Crippen LogP contribution is 2.28. The van der Waals surface area contributed by atoms with Crippen LogP contribution in [0.5, 0.6) is 0 Å². The summed E-state index contributed by atoms with van der Waals surface area (Å²) in [4.78, 5) is 14.2. The fourth-order valence-corrected chi connectivity index (χ4v) is 2.82. The second-order valence-corrected chi connectivity index (χ2v) is 6.08. The van der Waals surface area contributed by atoms with Crippen molar-refractivity contribution in [2.75, 3.05) is 6.54 Å². The van der Waals surface area contributed by atoms with Crippen molar-refractivity contribution in [3.8, 4) is 0 Å². The summed E-state index contributed by atoms with van der Waals surface area (Å²) in [5.74, 6) is 1.37. The van der Waals surface area contributed by atoms with Gasteiger partial charge in [0, 0.05) is 25.4 Å². The molecule has 1 aromatic rings. The summed E-state index contributed by atoms with van der Waals surface area (Å²) < 4.78 is 5.23. The molecule has 0 aromatic carbocycles. The van der Waals surface area contributed by atoms with E-state index in [-0.39, 0.29) is 11.9 Å². The lowest BCUT2D eigenvalue weighted by atomic mass is 10.0. The smallest absolute Gasteiger partial charge is 0.222 e. The summed E-state index contributed by atoms with van der Waals surface area (Å²) in [5, 5.41) is 10.2. The van der Waals surface area contributed by atoms with Gasteiger partial charge in [0.25, 0.3) is 0 Å². The van der Waals surface area contributed by atoms with E-state index in [1.807, 2.05) is 4.90 Å². The predicted octanol–water partition coefficient (Wildman–Crippen LogP) is 3.13. The highest BCUT2D eigenvalue weighted by molar-refractivity contribution is 5.76. The number of furan rings is 1. The summed E-state index contributed by atoms with van der Waals surface area (Å²) in [6.07, 6.45) is 5.08. The molecule has 4 heteroatoms. The highest BCUT2D eigenvalue weighted by Gasteiger charge is 2.30. The van der Waals surface area contributed by atoms with Crippen LogP contribution in [0.4, 0.5) is 0 Å². The van der Waals surface area contributed by atoms with Crippen molar-refractivity contribution in [3.05, 3.63) is 24.2 Å². The third-order valence-electron chi connectivity index (χ3n) is 4.00. The Labute approximate surface area is 120 Å². The standard InChI is InChI=1S/C16H25NO3/c1-12(2)7-8-16(19)17-9-3-5-13(17)11-14(18)15-6-4-10-20-15/h4,6,10,12-14,18H,3,5,7-9,11H2,1-2H3. The first-order chi connectivity index (χ1) is 9.58. The second kappa shape index (κ2) is 6.93. The minimum absolute atomic E-state index is 0.148. The van der Waals surface area contributed by atoms with Gasteiger partial charge < -0.3 is 14.4 Å². The predicted molar refractivity (Wildman–Crippen MR) is 77.1 cm³/mol. The molecule has 1 saturated heterocycles. The van der Waals surface area contributed by atoms with Crippen LogP contribution in [0.1, 0.15) is 57.8 Å². The van der Waals surface area contributed by atoms with Crippen LogP contribution in [0.25, 0.3) is 0 Å². The van der Waals surface area contributed by atoms with E-state index in [2.05, 4.69) is 13.8 Å². The Hall–Kier alpha value is -1.29. The van der Waals surface area contributed by atoms with E-state index in [1.165, 1.54) is 0 Å². The lowest BCUT2D eigenvalue weighted by Crippen LogP contribution is -2.36. The Kier molecular flexibility index (Phi) is 5.24. The number of likely N-dealkylation sites (tertiary alicyclic amines) is 1. The Balaban J connectivity index is 1.88. The van der Waals surface area contributed by atoms with Gasteiger partial charge in [-0.05, 0) is 37.3 Å². The van der Waals surface area contributed by atoms with Crippen molar-refractivity contribution < 1.29 is 14.3 Å². The fraction of sp³-hybridized carbons (Fsp3) is 0.688. The molecule has 0 radical (unpaired) electrons. The van der Waals surface area contributed by atoms with E-state index in [4.69, 9.17) is 4.42 Å². The molecule has 1 aliphatic rings. The molecule has 2 atom stereocenters. The Morgan fingerprint density at radius 3 is 3.00 bits per heavy atom. The first-order valence-electron chi connectivity index (χ1n) is 7.59. The number of hydrogen-bond acceptors (Lipinski definition) is 3. The Morgan fingerprint density at radius 1 is 1.55 bits per heavy atom. The number of nitrogens with zero attached hydrogens (tertiary/aromatic N) is 1. The summed E-state index contributed by atoms with van der Waals surface area (Å²) in [7, 11) is 0. The average Bonchev–Trinajstić information content (AvgIpc) is 3.06. The molecule has 20 heavy (non-hydrogen) atoms. The van der Waals surface area contributed by atoms with Crippen LogP contribution in [0.3, 0.4) is 0 Å². The molecular weight excluding hydrogens is 254 g/mol. The fourth-order valence-electron chi connectivity index (χ4n) is 2.82. The van der Waals surface area contributed by atoms with Gasteiger partial charge >= 0.3 is 0 Å². The minimum Gasteiger partial charge on any atom is -0.467 e. The maximum atomic E-state index is 12.2. The van der Waals surface area contributed by atoms with Crippen molar-refractivity contribution >= 4 is 5.91 Å². The van der Waals surface area contributed by atoms with E-state index in [1.54, 1.807) is 18.4 Å². The van der Waals surface area contributed by atoms with Gasteiger partial charge in [-0.1, -0.05) is 13.8 Å². The summed E-state index contributed by atoms with van der Waals surface area (Å²) in [6.45, 7) is 5.09. The van der Waals surface area contributed by atoms with Crippen LogP contribution in [-0.4, -0.2) is 28.5 Å². The molecule has 1 fully saturated rings. The summed E-state index contributed by atoms with van der Waals surface area (Å²) in [6, 6.07) is 3.71. The molecule has 2 heterocycles. The van der Waals surface area contributed by atoms with Gasteiger partial charge in [0.2, 0.25) is 5.91 Å². The van der Waals surface area contributed by atoms with Gasteiger partial charge in [-0.25, -0.2) is 0 Å². The molecular formula is C16H25NO3. The van der Waals surface area contributed by atoms with E-state index >= 15 is 0 Å². The third kappa shape index (κ3) is 3.85. The molecule has 0 saturated carbocycles. The maximum absolute atomic E-state index is 12.2. The Bertz CT molecular complexity index is 413. The number of aliphatic hydroxyl groups excluding tert-OH is 1. The molecule has 1 N–H and O–H groups in total. The second-order valence-electron chi connectivity index (χ2n) is 6.08. The largest absolute Gasteiger partial charge is 0.467 e. The molecule has 0 bridgehead atoms. The lowest BCUT2D eigenvalue weighted by molar-refractivity contribution is -0.132. The van der Waals surface area contributed by atoms with Crippen molar-refractivity contribution in [1.29, 1.82) is 0 Å². The van der Waals surface area contributed by atoms with Crippen LogP contribution < -0.4 is 0 Å². The minimum atomic E-state index is -0.617. The summed E-state index contributed by atoms with van der Waals surface area (Å²) in [5.41, 5.74) is 0. The SMILES string of the molecule is CC(C)CCC(=O)N1CCCC1CC(O)c1ccco1. The highest BCUT2D eigenvalue weighted by atomic mass is 16.4. The molecule has 2 rings (SSSR count). The van der Waals surface area contributed by atoms with Gasteiger partial charge in [0.05, 0.1) is 6.26 Å². The zero-order valence-electron chi connectivity index (χ0n) is 12.4. The molecule has 0 aliphatic carbocycles. The molecule has 1 aromatic heterocycles. The van der Waals surface area contributed by atoms with Crippen LogP contribution in [0.2, 0.25) is 0 Å². The normalized spacial score (nSPS) is 20.6. The zero-order chi connectivity index (χ0) is 14.5. The monoisotopic (exact) mass is 279 g/mol. The zero-order valence-corrected chi connectivity index (χ0v) is 12.4. The number of hydrogen-bond donors (Lipinski definition) is 1. The quantitative estimate of drug-likeness (QED) is 0.870. The average molecular weight is 279 g/mol. The molecule has 2 unspecified atom stereocenters. The van der Waals surface area contributed by atoms with Gasteiger partial charge in [-0.15, -0.1) is 0 Å². The van der Waals surface area contributed by atoms with Gasteiger partial charge in [-0.3, -0.25) is 4.79 Å². The van der Waals surface area contributed by atoms with E-state index in [0.717, 1.165) is 25.8 Å². The van der Waals surface area contributed by atoms with Gasteiger partial charge in [-0.2, -0.15) is 0 Å². The molecule has 0 spiro atoms. The van der Waals surface area contributed by atoms with Crippen molar-refractivity contribution in [1.82, 2.24) is 4.90 Å².